The molecule has 130 valence electrons. The van der Waals surface area contributed by atoms with Gasteiger partial charge in [0.2, 0.25) is 0 Å². The fourth-order valence-electron chi connectivity index (χ4n) is 1.37. The van der Waals surface area contributed by atoms with E-state index in [4.69, 9.17) is 9.15 Å². The van der Waals surface area contributed by atoms with Crippen LogP contribution in [0.2, 0.25) is 0 Å². The van der Waals surface area contributed by atoms with Crippen LogP contribution < -0.4 is 5.43 Å². The minimum atomic E-state index is -0.326. The molecule has 0 aliphatic heterocycles. The summed E-state index contributed by atoms with van der Waals surface area (Å²) in [5.41, 5.74) is 2.89. The van der Waals surface area contributed by atoms with Crippen molar-refractivity contribution in [2.45, 2.75) is 33.8 Å². The Bertz CT molecular complexity index is 609. The molecule has 5 nitrogen and oxygen atoms in total. The molecule has 0 saturated carbocycles. The smallest absolute Gasteiger partial charge is 0.270 e. The van der Waals surface area contributed by atoms with Crippen molar-refractivity contribution in [1.29, 1.82) is 0 Å². The maximum Gasteiger partial charge on any atom is 0.270 e. The van der Waals surface area contributed by atoms with Crippen LogP contribution in [-0.4, -0.2) is 23.6 Å². The summed E-state index contributed by atoms with van der Waals surface area (Å²) < 4.78 is 10.7. The first-order chi connectivity index (χ1) is 11.5. The van der Waals surface area contributed by atoms with E-state index in [9.17, 15) is 4.79 Å². The van der Waals surface area contributed by atoms with Gasteiger partial charge in [0.25, 0.3) is 5.91 Å². The molecule has 0 aliphatic carbocycles. The first kappa shape index (κ1) is 21.7. The van der Waals surface area contributed by atoms with Crippen LogP contribution in [0, 0.1) is 12.3 Å². The highest BCUT2D eigenvalue weighted by Crippen LogP contribution is 2.11. The molecule has 1 aromatic rings. The molecule has 1 N–H and O–H groups in total. The number of allylic oxidation sites excluding steroid dienone is 2. The maximum atomic E-state index is 12.0. The number of amides is 1. The van der Waals surface area contributed by atoms with Crippen LogP contribution in [0.1, 0.15) is 33.5 Å². The molecular weight excluding hydrogens is 372 g/mol. The van der Waals surface area contributed by atoms with Crippen molar-refractivity contribution in [3.05, 3.63) is 47.6 Å². The number of hydrazone groups is 1. The van der Waals surface area contributed by atoms with Crippen LogP contribution in [0.3, 0.4) is 0 Å². The third-order valence-electron chi connectivity index (χ3n) is 2.33. The van der Waals surface area contributed by atoms with Crippen molar-refractivity contribution in [3.8, 4) is 12.3 Å². The molecule has 6 heteroatoms. The number of nitrogens with one attached hydrogen (secondary N) is 1. The minimum absolute atomic E-state index is 0.0191. The van der Waals surface area contributed by atoms with Gasteiger partial charge in [-0.15, -0.1) is 12.3 Å². The third kappa shape index (κ3) is 9.70. The van der Waals surface area contributed by atoms with E-state index in [1.54, 1.807) is 32.1 Å². The molecule has 0 radical (unpaired) electrons. The van der Waals surface area contributed by atoms with Crippen molar-refractivity contribution < 1.29 is 13.9 Å². The second-order valence-corrected chi connectivity index (χ2v) is 5.36. The Labute approximate surface area is 152 Å². The van der Waals surface area contributed by atoms with E-state index < -0.39 is 0 Å². The quantitative estimate of drug-likeness (QED) is 0.144. The molecule has 0 atom stereocenters. The number of halogens is 1. The highest BCUT2D eigenvalue weighted by molar-refractivity contribution is 9.09. The highest BCUT2D eigenvalue weighted by atomic mass is 79.9. The number of terminal acetylenes is 1. The second kappa shape index (κ2) is 13.2. The normalized spacial score (nSPS) is 11.7. The lowest BCUT2D eigenvalue weighted by atomic mass is 10.2. The molecular formula is C18H23BrN2O3. The molecule has 0 spiro atoms. The second-order valence-electron chi connectivity index (χ2n) is 4.72. The number of furan rings is 1. The molecule has 1 aromatic heterocycles. The summed E-state index contributed by atoms with van der Waals surface area (Å²) >= 11 is 3.29. The van der Waals surface area contributed by atoms with Gasteiger partial charge < -0.3 is 9.15 Å². The lowest BCUT2D eigenvalue weighted by Crippen LogP contribution is -2.20. The number of rotatable bonds is 7. The van der Waals surface area contributed by atoms with Crippen LogP contribution >= 0.6 is 15.9 Å². The van der Waals surface area contributed by atoms with Crippen molar-refractivity contribution >= 4 is 28.1 Å². The number of ether oxygens (including phenoxy) is 1. The van der Waals surface area contributed by atoms with E-state index in [0.717, 1.165) is 0 Å². The van der Waals surface area contributed by atoms with Crippen molar-refractivity contribution in [2.75, 3.05) is 5.33 Å². The van der Waals surface area contributed by atoms with E-state index in [-0.39, 0.29) is 12.0 Å². The van der Waals surface area contributed by atoms with Crippen LogP contribution in [0.4, 0.5) is 0 Å². The largest absolute Gasteiger partial charge is 0.491 e. The standard InChI is InChI=1S/C15H19BrN2O3.C3H4/c1-11(2)21-14(7-4-8-16)12(3)15(19)18-17-10-13-6-5-9-20-13;1-3-2/h4-7,9-11H,8H2,1-3H3,(H,18,19);1H,2H3/b7-4-,14-12-,17-10+;. The number of hydrogen-bond donors (Lipinski definition) is 1. The van der Waals surface area contributed by atoms with E-state index >= 15 is 0 Å². The summed E-state index contributed by atoms with van der Waals surface area (Å²) in [6.07, 6.45) is 11.2. The molecule has 0 fully saturated rings. The molecule has 1 heterocycles. The van der Waals surface area contributed by atoms with Gasteiger partial charge in [-0.3, -0.25) is 4.79 Å². The lowest BCUT2D eigenvalue weighted by Gasteiger charge is -2.13. The number of alkyl halides is 1. The van der Waals surface area contributed by atoms with E-state index in [2.05, 4.69) is 38.8 Å². The summed E-state index contributed by atoms with van der Waals surface area (Å²) in [4.78, 5) is 12.0. The van der Waals surface area contributed by atoms with Gasteiger partial charge in [-0.1, -0.05) is 22.0 Å². The topological polar surface area (TPSA) is 63.8 Å². The van der Waals surface area contributed by atoms with E-state index in [1.165, 1.54) is 12.5 Å². The van der Waals surface area contributed by atoms with Gasteiger partial charge in [0.15, 0.2) is 0 Å². The zero-order chi connectivity index (χ0) is 18.4. The van der Waals surface area contributed by atoms with Crippen molar-refractivity contribution in [1.82, 2.24) is 5.43 Å². The van der Waals surface area contributed by atoms with E-state index in [0.29, 0.717) is 22.4 Å². The number of hydrogen-bond acceptors (Lipinski definition) is 4. The first-order valence-corrected chi connectivity index (χ1v) is 8.42. The van der Waals surface area contributed by atoms with Crippen molar-refractivity contribution in [2.24, 2.45) is 5.10 Å². The Kier molecular flexibility index (Phi) is 12.0. The molecule has 0 aromatic carbocycles. The summed E-state index contributed by atoms with van der Waals surface area (Å²) in [5, 5.41) is 4.52. The van der Waals surface area contributed by atoms with Gasteiger partial charge in [0.05, 0.1) is 24.2 Å². The third-order valence-corrected chi connectivity index (χ3v) is 2.71. The van der Waals surface area contributed by atoms with Gasteiger partial charge in [-0.05, 0) is 45.9 Å². The monoisotopic (exact) mass is 394 g/mol. The maximum absolute atomic E-state index is 12.0. The fourth-order valence-corrected chi connectivity index (χ4v) is 1.56. The summed E-state index contributed by atoms with van der Waals surface area (Å²) in [5.74, 6) is 3.01. The summed E-state index contributed by atoms with van der Waals surface area (Å²) in [6.45, 7) is 7.15. The highest BCUT2D eigenvalue weighted by Gasteiger charge is 2.11. The molecule has 0 saturated heterocycles. The number of carbonyl (C=O) groups excluding carboxylic acids is 1. The molecule has 24 heavy (non-hydrogen) atoms. The average Bonchev–Trinajstić information content (AvgIpc) is 3.04. The first-order valence-electron chi connectivity index (χ1n) is 7.30. The molecule has 0 unspecified atom stereocenters. The Hall–Kier alpha value is -2.26. The lowest BCUT2D eigenvalue weighted by molar-refractivity contribution is -0.117. The minimum Gasteiger partial charge on any atom is -0.491 e. The van der Waals surface area contributed by atoms with Crippen LogP contribution in [0.5, 0.6) is 0 Å². The predicted molar refractivity (Wildman–Crippen MR) is 101 cm³/mol. The van der Waals surface area contributed by atoms with Crippen molar-refractivity contribution in [3.63, 3.8) is 0 Å². The van der Waals surface area contributed by atoms with Gasteiger partial charge in [0.1, 0.15) is 11.5 Å². The predicted octanol–water partition coefficient (Wildman–Crippen LogP) is 4.02. The number of nitrogens with zero attached hydrogens (tertiary/aromatic N) is 1. The van der Waals surface area contributed by atoms with Gasteiger partial charge in [-0.25, -0.2) is 5.43 Å². The number of carbonyl (C=O) groups is 1. The zero-order valence-electron chi connectivity index (χ0n) is 14.4. The average molecular weight is 395 g/mol. The SMILES string of the molecule is C#CC.C/C(C(=O)N/N=C/c1ccco1)=C(\C=C/CBr)OC(C)C. The summed E-state index contributed by atoms with van der Waals surface area (Å²) in [6, 6.07) is 3.48. The van der Waals surface area contributed by atoms with E-state index in [1.807, 2.05) is 19.9 Å². The fraction of sp³-hybridized carbons (Fsp3) is 0.333. The molecule has 1 rings (SSSR count). The van der Waals surface area contributed by atoms with Gasteiger partial charge in [-0.2, -0.15) is 5.10 Å². The van der Waals surface area contributed by atoms with Gasteiger partial charge in [0, 0.05) is 5.33 Å². The zero-order valence-corrected chi connectivity index (χ0v) is 16.0. The molecule has 1 amide bonds. The Morgan fingerprint density at radius 2 is 2.25 bits per heavy atom. The Balaban J connectivity index is 0.00000163. The Morgan fingerprint density at radius 1 is 1.58 bits per heavy atom. The summed E-state index contributed by atoms with van der Waals surface area (Å²) in [7, 11) is 0. The Morgan fingerprint density at radius 3 is 2.75 bits per heavy atom. The van der Waals surface area contributed by atoms with Crippen LogP contribution in [0.15, 0.2) is 51.4 Å². The molecule has 0 aliphatic rings. The molecule has 0 bridgehead atoms. The van der Waals surface area contributed by atoms with Gasteiger partial charge >= 0.3 is 0 Å². The van der Waals surface area contributed by atoms with Crippen LogP contribution in [0.25, 0.3) is 0 Å². The van der Waals surface area contributed by atoms with Crippen LogP contribution in [-0.2, 0) is 9.53 Å².